The van der Waals surface area contributed by atoms with E-state index in [0.29, 0.717) is 30.1 Å². The van der Waals surface area contributed by atoms with Crippen LogP contribution < -0.4 is 0 Å². The molecule has 0 bridgehead atoms. The zero-order valence-electron chi connectivity index (χ0n) is 14.4. The third-order valence-corrected chi connectivity index (χ3v) is 5.79. The van der Waals surface area contributed by atoms with Crippen LogP contribution in [-0.2, 0) is 9.59 Å². The van der Waals surface area contributed by atoms with Gasteiger partial charge < -0.3 is 4.90 Å². The van der Waals surface area contributed by atoms with Crippen LogP contribution in [0.1, 0.15) is 36.3 Å². The van der Waals surface area contributed by atoms with Crippen LogP contribution in [0.3, 0.4) is 0 Å². The number of Topliss-reactive ketones (excluding diaryl/α,β-unsaturated/α-hetero) is 1. The van der Waals surface area contributed by atoms with E-state index < -0.39 is 0 Å². The first kappa shape index (κ1) is 15.8. The maximum absolute atomic E-state index is 12.7. The van der Waals surface area contributed by atoms with E-state index in [1.54, 1.807) is 0 Å². The Morgan fingerprint density at radius 1 is 1.08 bits per heavy atom. The zero-order chi connectivity index (χ0) is 16.7. The van der Waals surface area contributed by atoms with Gasteiger partial charge in [-0.3, -0.25) is 14.5 Å². The lowest BCUT2D eigenvalue weighted by Gasteiger charge is -2.34. The summed E-state index contributed by atoms with van der Waals surface area (Å²) in [7, 11) is 0. The maximum Gasteiger partial charge on any atom is 0.226 e. The van der Waals surface area contributed by atoms with E-state index in [2.05, 4.69) is 36.1 Å². The number of rotatable bonds is 5. The average molecular weight is 326 g/mol. The van der Waals surface area contributed by atoms with Crippen molar-refractivity contribution in [1.29, 1.82) is 0 Å². The lowest BCUT2D eigenvalue weighted by molar-refractivity contribution is -0.134. The van der Waals surface area contributed by atoms with Crippen molar-refractivity contribution in [2.75, 3.05) is 32.7 Å². The second-order valence-electron chi connectivity index (χ2n) is 7.65. The van der Waals surface area contributed by atoms with Gasteiger partial charge in [0.15, 0.2) is 0 Å². The van der Waals surface area contributed by atoms with Gasteiger partial charge in [-0.25, -0.2) is 0 Å². The number of nitrogens with zero attached hydrogens (tertiary/aromatic N) is 2. The molecule has 1 amide bonds. The predicted molar refractivity (Wildman–Crippen MR) is 92.8 cm³/mol. The molecule has 4 nitrogen and oxygen atoms in total. The first-order chi connectivity index (χ1) is 11.6. The maximum atomic E-state index is 12.7. The third-order valence-electron chi connectivity index (χ3n) is 5.79. The Kier molecular flexibility index (Phi) is 4.17. The topological polar surface area (TPSA) is 40.6 Å². The summed E-state index contributed by atoms with van der Waals surface area (Å²) in [5.74, 6) is 1.64. The molecule has 3 aliphatic rings. The normalized spacial score (nSPS) is 27.1. The second-order valence-corrected chi connectivity index (χ2v) is 7.65. The summed E-state index contributed by atoms with van der Waals surface area (Å²) in [5.41, 5.74) is 2.63. The Morgan fingerprint density at radius 2 is 1.79 bits per heavy atom. The number of carbonyl (C=O) groups excluding carboxylic acids is 2. The van der Waals surface area contributed by atoms with Gasteiger partial charge >= 0.3 is 0 Å². The summed E-state index contributed by atoms with van der Waals surface area (Å²) in [6.07, 6.45) is 3.16. The fourth-order valence-electron chi connectivity index (χ4n) is 3.93. The van der Waals surface area contributed by atoms with Gasteiger partial charge in [-0.1, -0.05) is 24.3 Å². The van der Waals surface area contributed by atoms with Gasteiger partial charge in [-0.2, -0.15) is 0 Å². The van der Waals surface area contributed by atoms with E-state index in [0.717, 1.165) is 45.4 Å². The highest BCUT2D eigenvalue weighted by molar-refractivity contribution is 5.85. The molecule has 2 saturated carbocycles. The molecule has 24 heavy (non-hydrogen) atoms. The first-order valence-electron chi connectivity index (χ1n) is 9.23. The van der Waals surface area contributed by atoms with Crippen molar-refractivity contribution < 1.29 is 9.59 Å². The monoisotopic (exact) mass is 326 g/mol. The highest BCUT2D eigenvalue weighted by atomic mass is 16.2. The van der Waals surface area contributed by atoms with E-state index >= 15 is 0 Å². The minimum Gasteiger partial charge on any atom is -0.340 e. The average Bonchev–Trinajstić information content (AvgIpc) is 3.48. The zero-order valence-corrected chi connectivity index (χ0v) is 14.4. The number of piperazine rings is 1. The van der Waals surface area contributed by atoms with Crippen molar-refractivity contribution in [2.45, 2.75) is 32.1 Å². The number of aryl methyl sites for hydroxylation is 1. The molecule has 4 heteroatoms. The smallest absolute Gasteiger partial charge is 0.226 e. The van der Waals surface area contributed by atoms with E-state index in [4.69, 9.17) is 0 Å². The largest absolute Gasteiger partial charge is 0.340 e. The fraction of sp³-hybridized carbons (Fsp3) is 0.600. The predicted octanol–water partition coefficient (Wildman–Crippen LogP) is 2.22. The second kappa shape index (κ2) is 6.32. The van der Waals surface area contributed by atoms with Crippen LogP contribution in [0.5, 0.6) is 0 Å². The Morgan fingerprint density at radius 3 is 2.46 bits per heavy atom. The van der Waals surface area contributed by atoms with Crippen LogP contribution in [0.4, 0.5) is 0 Å². The molecule has 128 valence electrons. The lowest BCUT2D eigenvalue weighted by atomic mass is 10.0. The molecule has 0 N–H and O–H groups in total. The molecule has 1 aromatic rings. The summed E-state index contributed by atoms with van der Waals surface area (Å²) in [5, 5.41) is 0. The van der Waals surface area contributed by atoms with Gasteiger partial charge in [0, 0.05) is 38.0 Å². The van der Waals surface area contributed by atoms with E-state index in [9.17, 15) is 9.59 Å². The molecule has 1 saturated heterocycles. The molecular formula is C20H26N2O2. The molecule has 4 rings (SSSR count). The number of hydrogen-bond acceptors (Lipinski definition) is 3. The highest BCUT2D eigenvalue weighted by Crippen LogP contribution is 2.49. The van der Waals surface area contributed by atoms with Crippen LogP contribution in [0.25, 0.3) is 0 Å². The molecule has 3 fully saturated rings. The summed E-state index contributed by atoms with van der Waals surface area (Å²) in [4.78, 5) is 28.9. The third kappa shape index (κ3) is 3.25. The molecule has 1 aromatic carbocycles. The summed E-state index contributed by atoms with van der Waals surface area (Å²) < 4.78 is 0. The van der Waals surface area contributed by atoms with Crippen molar-refractivity contribution >= 4 is 11.7 Å². The van der Waals surface area contributed by atoms with Crippen LogP contribution in [0, 0.1) is 18.8 Å². The van der Waals surface area contributed by atoms with Crippen molar-refractivity contribution in [2.24, 2.45) is 11.8 Å². The minimum atomic E-state index is 0.172. The standard InChI is InChI=1S/C20H26N2O2/c1-14-4-2-3-5-16(14)17-12-18(17)20(24)22-10-8-21(9-11-22)13-19(23)15-6-7-15/h2-5,15,17-18H,6-13H2,1H3. The molecular weight excluding hydrogens is 300 g/mol. The van der Waals surface area contributed by atoms with Crippen molar-refractivity contribution in [3.8, 4) is 0 Å². The highest BCUT2D eigenvalue weighted by Gasteiger charge is 2.46. The summed E-state index contributed by atoms with van der Waals surface area (Å²) in [6, 6.07) is 8.41. The first-order valence-corrected chi connectivity index (χ1v) is 9.23. The molecule has 2 unspecified atom stereocenters. The lowest BCUT2D eigenvalue weighted by Crippen LogP contribution is -2.50. The van der Waals surface area contributed by atoms with Gasteiger partial charge in [0.1, 0.15) is 5.78 Å². The SMILES string of the molecule is Cc1ccccc1C1CC1C(=O)N1CCN(CC(=O)C2CC2)CC1. The summed E-state index contributed by atoms with van der Waals surface area (Å²) in [6.45, 7) is 5.94. The molecule has 1 aliphatic heterocycles. The van der Waals surface area contributed by atoms with Gasteiger partial charge in [0.05, 0.1) is 6.54 Å². The quantitative estimate of drug-likeness (QED) is 0.833. The minimum absolute atomic E-state index is 0.172. The Hall–Kier alpha value is -1.68. The van der Waals surface area contributed by atoms with Crippen molar-refractivity contribution in [1.82, 2.24) is 9.80 Å². The molecule has 1 heterocycles. The van der Waals surface area contributed by atoms with Gasteiger partial charge in [-0.05, 0) is 43.2 Å². The van der Waals surface area contributed by atoms with Crippen molar-refractivity contribution in [3.63, 3.8) is 0 Å². The molecule has 0 spiro atoms. The molecule has 2 aliphatic carbocycles. The van der Waals surface area contributed by atoms with Crippen molar-refractivity contribution in [3.05, 3.63) is 35.4 Å². The molecule has 0 radical (unpaired) electrons. The van der Waals surface area contributed by atoms with E-state index in [1.807, 2.05) is 4.90 Å². The Balaban J connectivity index is 1.28. The van der Waals surface area contributed by atoms with E-state index in [1.165, 1.54) is 11.1 Å². The van der Waals surface area contributed by atoms with Crippen LogP contribution in [0.2, 0.25) is 0 Å². The van der Waals surface area contributed by atoms with Crippen LogP contribution in [-0.4, -0.2) is 54.2 Å². The Bertz CT molecular complexity index is 645. The fourth-order valence-corrected chi connectivity index (χ4v) is 3.93. The number of hydrogen-bond donors (Lipinski definition) is 0. The molecule has 2 atom stereocenters. The number of carbonyl (C=O) groups is 2. The van der Waals surface area contributed by atoms with Crippen LogP contribution >= 0.6 is 0 Å². The number of benzene rings is 1. The van der Waals surface area contributed by atoms with Gasteiger partial charge in [0.25, 0.3) is 0 Å². The van der Waals surface area contributed by atoms with Crippen LogP contribution in [0.15, 0.2) is 24.3 Å². The van der Waals surface area contributed by atoms with E-state index in [-0.39, 0.29) is 5.92 Å². The summed E-state index contributed by atoms with van der Waals surface area (Å²) >= 11 is 0. The van der Waals surface area contributed by atoms with Gasteiger partial charge in [-0.15, -0.1) is 0 Å². The molecule has 0 aromatic heterocycles. The van der Waals surface area contributed by atoms with Gasteiger partial charge in [0.2, 0.25) is 5.91 Å². The number of amides is 1. The number of ketones is 1. The Labute approximate surface area is 143 Å².